The van der Waals surface area contributed by atoms with Crippen LogP contribution in [0, 0.1) is 0 Å². The number of ether oxygens (including phenoxy) is 1. The van der Waals surface area contributed by atoms with Gasteiger partial charge in [-0.15, -0.1) is 5.10 Å². The van der Waals surface area contributed by atoms with Crippen molar-refractivity contribution >= 4 is 17.7 Å². The number of benzene rings is 3. The lowest BCUT2D eigenvalue weighted by Crippen LogP contribution is -2.15. The van der Waals surface area contributed by atoms with Gasteiger partial charge in [0.1, 0.15) is 11.5 Å². The largest absolute Gasteiger partial charge is 0.435 e. The number of halogens is 2. The smallest absolute Gasteiger partial charge is 0.387 e. The van der Waals surface area contributed by atoms with Crippen molar-refractivity contribution in [2.24, 2.45) is 10.2 Å². The summed E-state index contributed by atoms with van der Waals surface area (Å²) in [5.74, 6) is -0.190. The SMILES string of the molecule is O=C(C(=NN=Cc1ccc(OC(F)F)cc1)c1ccccc1)c1ccccc1. The molecule has 0 amide bonds. The summed E-state index contributed by atoms with van der Waals surface area (Å²) in [6.07, 6.45) is 1.44. The van der Waals surface area contributed by atoms with Crippen LogP contribution in [0.25, 0.3) is 0 Å². The van der Waals surface area contributed by atoms with Gasteiger partial charge in [0.2, 0.25) is 5.78 Å². The van der Waals surface area contributed by atoms with Crippen LogP contribution in [0.2, 0.25) is 0 Å². The Morgan fingerprint density at radius 3 is 1.96 bits per heavy atom. The Morgan fingerprint density at radius 1 is 0.821 bits per heavy atom. The van der Waals surface area contributed by atoms with Gasteiger partial charge in [0.05, 0.1) is 6.21 Å². The van der Waals surface area contributed by atoms with Crippen LogP contribution in [0.1, 0.15) is 21.5 Å². The number of ketones is 1. The van der Waals surface area contributed by atoms with Crippen molar-refractivity contribution in [2.45, 2.75) is 6.61 Å². The predicted molar refractivity (Wildman–Crippen MR) is 104 cm³/mol. The second-order valence-corrected chi connectivity index (χ2v) is 5.70. The molecule has 0 unspecified atom stereocenters. The van der Waals surface area contributed by atoms with Gasteiger partial charge in [0.15, 0.2) is 0 Å². The molecule has 0 N–H and O–H groups in total. The molecule has 0 fully saturated rings. The Bertz CT molecular complexity index is 970. The number of hydrogen-bond donors (Lipinski definition) is 0. The van der Waals surface area contributed by atoms with Gasteiger partial charge in [-0.05, 0) is 29.8 Å². The van der Waals surface area contributed by atoms with Crippen molar-refractivity contribution in [3.8, 4) is 5.75 Å². The van der Waals surface area contributed by atoms with E-state index in [0.29, 0.717) is 16.7 Å². The van der Waals surface area contributed by atoms with Crippen LogP contribution < -0.4 is 4.74 Å². The lowest BCUT2D eigenvalue weighted by atomic mass is 10.0. The first-order valence-electron chi connectivity index (χ1n) is 8.44. The second-order valence-electron chi connectivity index (χ2n) is 5.70. The van der Waals surface area contributed by atoms with Gasteiger partial charge in [-0.2, -0.15) is 13.9 Å². The molecule has 140 valence electrons. The number of nitrogens with zero attached hydrogens (tertiary/aromatic N) is 2. The van der Waals surface area contributed by atoms with Crippen LogP contribution in [0.15, 0.2) is 95.1 Å². The molecule has 3 rings (SSSR count). The Balaban J connectivity index is 1.85. The third-order valence-electron chi connectivity index (χ3n) is 3.77. The van der Waals surface area contributed by atoms with Crippen LogP contribution in [0.4, 0.5) is 8.78 Å². The summed E-state index contributed by atoms with van der Waals surface area (Å²) in [5, 5.41) is 8.13. The van der Waals surface area contributed by atoms with Crippen molar-refractivity contribution in [1.29, 1.82) is 0 Å². The highest BCUT2D eigenvalue weighted by Crippen LogP contribution is 2.14. The Kier molecular flexibility index (Phi) is 6.36. The molecule has 0 spiro atoms. The lowest BCUT2D eigenvalue weighted by molar-refractivity contribution is -0.0498. The number of alkyl halides is 2. The average Bonchev–Trinajstić information content (AvgIpc) is 2.73. The molecule has 4 nitrogen and oxygen atoms in total. The number of hydrogen-bond acceptors (Lipinski definition) is 4. The number of carbonyl (C=O) groups excluding carboxylic acids is 1. The Morgan fingerprint density at radius 2 is 1.39 bits per heavy atom. The number of rotatable bonds is 7. The van der Waals surface area contributed by atoms with E-state index in [1.54, 1.807) is 48.5 Å². The van der Waals surface area contributed by atoms with E-state index in [9.17, 15) is 13.6 Å². The first kappa shape index (κ1) is 19.1. The standard InChI is InChI=1S/C22H16F2N2O2/c23-22(24)28-19-13-11-16(12-14-19)15-25-26-20(17-7-3-1-4-8-17)21(27)18-9-5-2-6-10-18/h1-15,22H. The molecule has 0 atom stereocenters. The summed E-state index contributed by atoms with van der Waals surface area (Å²) in [6, 6.07) is 23.8. The average molecular weight is 378 g/mol. The summed E-state index contributed by atoms with van der Waals surface area (Å²) < 4.78 is 28.7. The minimum atomic E-state index is -2.87. The zero-order valence-electron chi connectivity index (χ0n) is 14.7. The predicted octanol–water partition coefficient (Wildman–Crippen LogP) is 4.99. The van der Waals surface area contributed by atoms with E-state index in [1.165, 1.54) is 18.3 Å². The van der Waals surface area contributed by atoms with Gasteiger partial charge >= 0.3 is 6.61 Å². The molecule has 0 bridgehead atoms. The third kappa shape index (κ3) is 5.17. The Hall–Kier alpha value is -3.67. The highest BCUT2D eigenvalue weighted by atomic mass is 19.3. The fourth-order valence-corrected chi connectivity index (χ4v) is 2.45. The van der Waals surface area contributed by atoms with Crippen LogP contribution in [-0.2, 0) is 0 Å². The lowest BCUT2D eigenvalue weighted by Gasteiger charge is -2.05. The number of carbonyl (C=O) groups is 1. The monoisotopic (exact) mass is 378 g/mol. The van der Waals surface area contributed by atoms with Gasteiger partial charge in [0, 0.05) is 11.1 Å². The topological polar surface area (TPSA) is 51.0 Å². The summed E-state index contributed by atoms with van der Waals surface area (Å²) >= 11 is 0. The summed E-state index contributed by atoms with van der Waals surface area (Å²) in [6.45, 7) is -2.87. The van der Waals surface area contributed by atoms with E-state index >= 15 is 0 Å². The minimum Gasteiger partial charge on any atom is -0.435 e. The zero-order valence-corrected chi connectivity index (χ0v) is 14.7. The van der Waals surface area contributed by atoms with E-state index in [4.69, 9.17) is 0 Å². The maximum atomic E-state index is 12.8. The molecule has 3 aromatic rings. The maximum absolute atomic E-state index is 12.8. The quantitative estimate of drug-likeness (QED) is 0.330. The summed E-state index contributed by atoms with van der Waals surface area (Å²) in [7, 11) is 0. The molecule has 28 heavy (non-hydrogen) atoms. The molecule has 0 aromatic heterocycles. The third-order valence-corrected chi connectivity index (χ3v) is 3.77. The summed E-state index contributed by atoms with van der Waals surface area (Å²) in [4.78, 5) is 12.8. The van der Waals surface area contributed by atoms with Crippen molar-refractivity contribution in [3.05, 3.63) is 102 Å². The van der Waals surface area contributed by atoms with E-state index in [2.05, 4.69) is 14.9 Å². The first-order chi connectivity index (χ1) is 13.6. The van der Waals surface area contributed by atoms with E-state index < -0.39 is 6.61 Å². The van der Waals surface area contributed by atoms with Crippen molar-refractivity contribution in [1.82, 2.24) is 0 Å². The molecule has 0 aliphatic carbocycles. The second kappa shape index (κ2) is 9.32. The Labute approximate surface area is 160 Å². The van der Waals surface area contributed by atoms with E-state index in [-0.39, 0.29) is 17.2 Å². The van der Waals surface area contributed by atoms with Crippen LogP contribution in [-0.4, -0.2) is 24.3 Å². The fraction of sp³-hybridized carbons (Fsp3) is 0.0455. The maximum Gasteiger partial charge on any atom is 0.387 e. The first-order valence-corrected chi connectivity index (χ1v) is 8.44. The zero-order chi connectivity index (χ0) is 19.8. The molecule has 0 saturated carbocycles. The van der Waals surface area contributed by atoms with Crippen molar-refractivity contribution in [2.75, 3.05) is 0 Å². The molecule has 0 aliphatic rings. The molecule has 0 saturated heterocycles. The van der Waals surface area contributed by atoms with Gasteiger partial charge in [0.25, 0.3) is 0 Å². The molecule has 0 heterocycles. The molecular formula is C22H16F2N2O2. The van der Waals surface area contributed by atoms with E-state index in [1.807, 2.05) is 24.3 Å². The molecule has 3 aromatic carbocycles. The van der Waals surface area contributed by atoms with Gasteiger partial charge in [-0.1, -0.05) is 60.7 Å². The fourth-order valence-electron chi connectivity index (χ4n) is 2.45. The summed E-state index contributed by atoms with van der Waals surface area (Å²) in [5.41, 5.74) is 1.99. The van der Waals surface area contributed by atoms with Crippen LogP contribution in [0.5, 0.6) is 5.75 Å². The van der Waals surface area contributed by atoms with Gasteiger partial charge < -0.3 is 4.74 Å². The van der Waals surface area contributed by atoms with Crippen molar-refractivity contribution < 1.29 is 18.3 Å². The van der Waals surface area contributed by atoms with E-state index in [0.717, 1.165) is 0 Å². The molecule has 0 aliphatic heterocycles. The normalized spacial score (nSPS) is 11.8. The van der Waals surface area contributed by atoms with Crippen molar-refractivity contribution in [3.63, 3.8) is 0 Å². The number of Topliss-reactive ketones (excluding diaryl/α,β-unsaturated/α-hetero) is 1. The van der Waals surface area contributed by atoms with Crippen LogP contribution >= 0.6 is 0 Å². The highest BCUT2D eigenvalue weighted by molar-refractivity contribution is 6.51. The van der Waals surface area contributed by atoms with Crippen LogP contribution in [0.3, 0.4) is 0 Å². The highest BCUT2D eigenvalue weighted by Gasteiger charge is 2.16. The van der Waals surface area contributed by atoms with Gasteiger partial charge in [-0.3, -0.25) is 4.79 Å². The minimum absolute atomic E-state index is 0.0554. The molecular weight excluding hydrogens is 362 g/mol. The van der Waals surface area contributed by atoms with Gasteiger partial charge in [-0.25, -0.2) is 0 Å². The molecule has 0 radical (unpaired) electrons. The molecule has 6 heteroatoms.